The zero-order chi connectivity index (χ0) is 21.9. The highest BCUT2D eigenvalue weighted by atomic mass is 35.5. The van der Waals surface area contributed by atoms with Crippen molar-refractivity contribution in [2.75, 3.05) is 5.32 Å². The van der Waals surface area contributed by atoms with Gasteiger partial charge in [0.1, 0.15) is 12.1 Å². The fourth-order valence-corrected chi connectivity index (χ4v) is 2.72. The van der Waals surface area contributed by atoms with E-state index in [0.29, 0.717) is 11.3 Å². The summed E-state index contributed by atoms with van der Waals surface area (Å²) >= 11 is 6.11. The van der Waals surface area contributed by atoms with Gasteiger partial charge in [-0.2, -0.15) is 5.26 Å². The Hall–Kier alpha value is -3.19. The van der Waals surface area contributed by atoms with Crippen LogP contribution in [0.1, 0.15) is 28.4 Å². The Bertz CT molecular complexity index is 1010. The molecule has 0 saturated carbocycles. The van der Waals surface area contributed by atoms with Crippen LogP contribution in [0.25, 0.3) is 0 Å². The van der Waals surface area contributed by atoms with Crippen molar-refractivity contribution in [1.29, 1.82) is 5.26 Å². The first-order valence-corrected chi connectivity index (χ1v) is 8.71. The predicted molar refractivity (Wildman–Crippen MR) is 103 cm³/mol. The van der Waals surface area contributed by atoms with Gasteiger partial charge in [-0.05, 0) is 49.7 Å². The predicted octanol–water partition coefficient (Wildman–Crippen LogP) is 2.07. The Balaban J connectivity index is 2.29. The Morgan fingerprint density at radius 1 is 1.34 bits per heavy atom. The van der Waals surface area contributed by atoms with Crippen molar-refractivity contribution in [1.82, 2.24) is 5.01 Å². The number of halogens is 2. The van der Waals surface area contributed by atoms with Gasteiger partial charge in [0.25, 0.3) is 11.8 Å². The molecule has 2 rings (SSSR count). The van der Waals surface area contributed by atoms with Crippen LogP contribution < -0.4 is 11.2 Å². The number of phenolic OH excluding ortho intramolecular Hbond substituents is 1. The van der Waals surface area contributed by atoms with Crippen molar-refractivity contribution >= 4 is 29.1 Å². The Labute approximate surface area is 170 Å². The number of aliphatic hydroxyl groups is 1. The number of carbonyl (C=O) groups excluding carboxylic acids is 2. The van der Waals surface area contributed by atoms with Crippen LogP contribution in [-0.2, 0) is 4.79 Å². The number of hydrogen-bond donors (Lipinski definition) is 4. The summed E-state index contributed by atoms with van der Waals surface area (Å²) in [5, 5.41) is 31.4. The number of hydrazine groups is 1. The number of carbonyl (C=O) groups is 2. The minimum absolute atomic E-state index is 0.176. The van der Waals surface area contributed by atoms with Crippen LogP contribution in [0.2, 0.25) is 5.02 Å². The van der Waals surface area contributed by atoms with Crippen molar-refractivity contribution in [2.24, 2.45) is 5.84 Å². The first-order chi connectivity index (χ1) is 13.6. The summed E-state index contributed by atoms with van der Waals surface area (Å²) in [6, 6.07) is 6.31. The number of nitrogens with two attached hydrogens (primary N) is 1. The smallest absolute Gasteiger partial charge is 0.275 e. The van der Waals surface area contributed by atoms with E-state index < -0.39 is 35.5 Å². The van der Waals surface area contributed by atoms with Crippen LogP contribution in [0.4, 0.5) is 10.1 Å². The van der Waals surface area contributed by atoms with Gasteiger partial charge in [-0.15, -0.1) is 0 Å². The van der Waals surface area contributed by atoms with Gasteiger partial charge >= 0.3 is 0 Å². The standard InChI is InChI=1S/C19H18ClFN4O4/c1-9-14(5-3-12(8-22)16(9)20)24-17(10(2)26)19(29)25(23)18(28)11-4-6-15(27)13(21)7-11/h3-7,10,17,24,26-27H,23H2,1-2H3. The second-order valence-corrected chi connectivity index (χ2v) is 6.63. The molecule has 2 aromatic carbocycles. The van der Waals surface area contributed by atoms with Gasteiger partial charge in [0, 0.05) is 11.3 Å². The molecular weight excluding hydrogens is 403 g/mol. The van der Waals surface area contributed by atoms with Gasteiger partial charge in [-0.3, -0.25) is 9.59 Å². The molecule has 0 radical (unpaired) electrons. The number of nitriles is 1. The second-order valence-electron chi connectivity index (χ2n) is 6.25. The maximum Gasteiger partial charge on any atom is 0.275 e. The van der Waals surface area contributed by atoms with Crippen molar-refractivity contribution in [3.63, 3.8) is 0 Å². The fraction of sp³-hybridized carbons (Fsp3) is 0.211. The topological polar surface area (TPSA) is 140 Å². The molecule has 5 N–H and O–H groups in total. The number of nitrogens with zero attached hydrogens (tertiary/aromatic N) is 2. The zero-order valence-corrected chi connectivity index (χ0v) is 16.2. The van der Waals surface area contributed by atoms with Crippen LogP contribution in [0.5, 0.6) is 5.75 Å². The SMILES string of the molecule is Cc1c(NC(C(=O)N(N)C(=O)c2ccc(O)c(F)c2)C(C)O)ccc(C#N)c1Cl. The number of phenols is 1. The van der Waals surface area contributed by atoms with Gasteiger partial charge in [0.05, 0.1) is 16.7 Å². The molecule has 152 valence electrons. The van der Waals surface area contributed by atoms with Crippen LogP contribution in [0.3, 0.4) is 0 Å². The molecule has 10 heteroatoms. The third-order valence-electron chi connectivity index (χ3n) is 4.22. The molecule has 2 amide bonds. The summed E-state index contributed by atoms with van der Waals surface area (Å²) in [4.78, 5) is 25.1. The third-order valence-corrected chi connectivity index (χ3v) is 4.70. The summed E-state index contributed by atoms with van der Waals surface area (Å²) in [5.41, 5.74) is 0.780. The normalized spacial score (nSPS) is 12.6. The molecule has 0 aliphatic carbocycles. The lowest BCUT2D eigenvalue weighted by Crippen LogP contribution is -2.53. The molecule has 29 heavy (non-hydrogen) atoms. The quantitative estimate of drug-likeness (QED) is 0.329. The van der Waals surface area contributed by atoms with Crippen LogP contribution >= 0.6 is 11.6 Å². The van der Waals surface area contributed by atoms with Gasteiger partial charge in [-0.25, -0.2) is 15.2 Å². The van der Waals surface area contributed by atoms with E-state index in [1.807, 2.05) is 6.07 Å². The molecule has 0 spiro atoms. The van der Waals surface area contributed by atoms with E-state index in [9.17, 15) is 24.2 Å². The lowest BCUT2D eigenvalue weighted by atomic mass is 10.1. The van der Waals surface area contributed by atoms with E-state index in [0.717, 1.165) is 18.2 Å². The van der Waals surface area contributed by atoms with E-state index >= 15 is 0 Å². The number of nitrogens with one attached hydrogen (secondary N) is 1. The lowest BCUT2D eigenvalue weighted by molar-refractivity contribution is -0.131. The molecule has 0 fully saturated rings. The van der Waals surface area contributed by atoms with Crippen LogP contribution in [-0.4, -0.2) is 39.2 Å². The van der Waals surface area contributed by atoms with Gasteiger partial charge in [-0.1, -0.05) is 11.6 Å². The number of anilines is 1. The molecule has 2 unspecified atom stereocenters. The van der Waals surface area contributed by atoms with Crippen molar-refractivity contribution in [3.05, 3.63) is 57.9 Å². The molecule has 0 aliphatic rings. The molecule has 2 atom stereocenters. The van der Waals surface area contributed by atoms with E-state index in [1.165, 1.54) is 19.1 Å². The largest absolute Gasteiger partial charge is 0.505 e. The number of amides is 2. The van der Waals surface area contributed by atoms with Crippen LogP contribution in [0.15, 0.2) is 30.3 Å². The van der Waals surface area contributed by atoms with E-state index in [2.05, 4.69) is 5.32 Å². The van der Waals surface area contributed by atoms with Gasteiger partial charge in [0.15, 0.2) is 11.6 Å². The molecule has 0 aromatic heterocycles. The van der Waals surface area contributed by atoms with E-state index in [4.69, 9.17) is 22.7 Å². The Kier molecular flexibility index (Phi) is 6.76. The third kappa shape index (κ3) is 4.63. The average molecular weight is 421 g/mol. The van der Waals surface area contributed by atoms with E-state index in [-0.39, 0.29) is 21.2 Å². The first-order valence-electron chi connectivity index (χ1n) is 8.33. The molecule has 0 bridgehead atoms. The zero-order valence-electron chi connectivity index (χ0n) is 15.5. The van der Waals surface area contributed by atoms with Crippen molar-refractivity contribution < 1.29 is 24.2 Å². The molecular formula is C19H18ClFN4O4. The van der Waals surface area contributed by atoms with Gasteiger partial charge < -0.3 is 15.5 Å². The monoisotopic (exact) mass is 420 g/mol. The number of hydrogen-bond acceptors (Lipinski definition) is 7. The highest BCUT2D eigenvalue weighted by Crippen LogP contribution is 2.28. The van der Waals surface area contributed by atoms with E-state index in [1.54, 1.807) is 6.92 Å². The molecule has 0 aliphatic heterocycles. The Morgan fingerprint density at radius 3 is 2.55 bits per heavy atom. The summed E-state index contributed by atoms with van der Waals surface area (Å²) < 4.78 is 13.5. The summed E-state index contributed by atoms with van der Waals surface area (Å²) in [5.74, 6) is 1.89. The number of aliphatic hydroxyl groups excluding tert-OH is 1. The lowest BCUT2D eigenvalue weighted by Gasteiger charge is -2.26. The molecule has 2 aromatic rings. The second kappa shape index (κ2) is 8.87. The summed E-state index contributed by atoms with van der Waals surface area (Å²) in [7, 11) is 0. The molecule has 0 saturated heterocycles. The highest BCUT2D eigenvalue weighted by molar-refractivity contribution is 6.32. The maximum atomic E-state index is 13.5. The number of imide groups is 1. The summed E-state index contributed by atoms with van der Waals surface area (Å²) in [6.07, 6.45) is -1.27. The van der Waals surface area contributed by atoms with Crippen molar-refractivity contribution in [3.8, 4) is 11.8 Å². The fourth-order valence-electron chi connectivity index (χ4n) is 2.51. The first kappa shape index (κ1) is 22.1. The molecule has 8 nitrogen and oxygen atoms in total. The van der Waals surface area contributed by atoms with Crippen molar-refractivity contribution in [2.45, 2.75) is 26.0 Å². The maximum absolute atomic E-state index is 13.5. The van der Waals surface area contributed by atoms with Gasteiger partial charge in [0.2, 0.25) is 0 Å². The number of rotatable bonds is 5. The average Bonchev–Trinajstić information content (AvgIpc) is 2.69. The highest BCUT2D eigenvalue weighted by Gasteiger charge is 2.31. The molecule has 0 heterocycles. The minimum atomic E-state index is -1.34. The summed E-state index contributed by atoms with van der Waals surface area (Å²) in [6.45, 7) is 2.92. The minimum Gasteiger partial charge on any atom is -0.505 e. The number of aromatic hydroxyl groups is 1. The Morgan fingerprint density at radius 2 is 2.00 bits per heavy atom. The van der Waals surface area contributed by atoms with Crippen LogP contribution in [0, 0.1) is 24.1 Å². The number of benzene rings is 2.